The van der Waals surface area contributed by atoms with Gasteiger partial charge in [0.2, 0.25) is 0 Å². The number of hydrogen-bond donors (Lipinski definition) is 2. The molecular formula is C13H27BO8P2. The van der Waals surface area contributed by atoms with Crippen molar-refractivity contribution in [3.8, 4) is 0 Å². The molecule has 0 saturated heterocycles. The number of methoxy groups -OCH3 is 1. The molecule has 0 aromatic carbocycles. The van der Waals surface area contributed by atoms with Crippen molar-refractivity contribution in [1.29, 1.82) is 0 Å². The SMILES string of the molecule is [B]C1C[C@H](CCP(=O)(O)OC)[C@@H](OC)[C@H]1OP(=O)(O)OC(C)(C)C. The van der Waals surface area contributed by atoms with Crippen molar-refractivity contribution in [2.24, 2.45) is 5.92 Å². The van der Waals surface area contributed by atoms with E-state index in [2.05, 4.69) is 4.52 Å². The summed E-state index contributed by atoms with van der Waals surface area (Å²) in [5.74, 6) is -0.745. The minimum absolute atomic E-state index is 0.0528. The molecule has 0 aliphatic heterocycles. The number of rotatable bonds is 8. The van der Waals surface area contributed by atoms with E-state index in [-0.39, 0.29) is 12.1 Å². The van der Waals surface area contributed by atoms with Gasteiger partial charge in [-0.05, 0) is 38.9 Å². The summed E-state index contributed by atoms with van der Waals surface area (Å²) in [6.07, 6.45) is -0.728. The van der Waals surface area contributed by atoms with Crippen LogP contribution < -0.4 is 0 Å². The van der Waals surface area contributed by atoms with Crippen molar-refractivity contribution in [3.63, 3.8) is 0 Å². The van der Waals surface area contributed by atoms with Crippen molar-refractivity contribution in [1.82, 2.24) is 0 Å². The molecule has 1 rings (SSSR count). The first kappa shape index (κ1) is 22.3. The molecule has 0 aromatic rings. The Morgan fingerprint density at radius 1 is 1.17 bits per heavy atom. The molecule has 0 spiro atoms. The van der Waals surface area contributed by atoms with E-state index in [0.29, 0.717) is 12.8 Å². The number of phosphoric acid groups is 1. The molecule has 3 unspecified atom stereocenters. The average molecular weight is 384 g/mol. The van der Waals surface area contributed by atoms with E-state index in [1.54, 1.807) is 20.8 Å². The third-order valence-corrected chi connectivity index (χ3v) is 6.45. The lowest BCUT2D eigenvalue weighted by atomic mass is 9.83. The molecule has 0 heterocycles. The van der Waals surface area contributed by atoms with Crippen LogP contribution in [0.2, 0.25) is 5.82 Å². The Labute approximate surface area is 144 Å². The highest BCUT2D eigenvalue weighted by molar-refractivity contribution is 7.52. The van der Waals surface area contributed by atoms with Gasteiger partial charge in [0.1, 0.15) is 0 Å². The minimum Gasteiger partial charge on any atom is -0.378 e. The van der Waals surface area contributed by atoms with Crippen LogP contribution in [0.1, 0.15) is 33.6 Å². The molecule has 2 radical (unpaired) electrons. The van der Waals surface area contributed by atoms with E-state index in [4.69, 9.17) is 21.6 Å². The molecule has 0 bridgehead atoms. The summed E-state index contributed by atoms with van der Waals surface area (Å²) in [6.45, 7) is 4.90. The quantitative estimate of drug-likeness (QED) is 0.485. The van der Waals surface area contributed by atoms with Gasteiger partial charge in [0.05, 0.1) is 31.8 Å². The van der Waals surface area contributed by atoms with Gasteiger partial charge in [-0.15, -0.1) is 0 Å². The smallest absolute Gasteiger partial charge is 0.378 e. The molecule has 1 fully saturated rings. The van der Waals surface area contributed by atoms with Gasteiger partial charge in [-0.25, -0.2) is 4.57 Å². The molecule has 24 heavy (non-hydrogen) atoms. The van der Waals surface area contributed by atoms with Crippen LogP contribution in [0.4, 0.5) is 0 Å². The molecule has 0 amide bonds. The molecule has 0 aromatic heterocycles. The summed E-state index contributed by atoms with van der Waals surface area (Å²) in [5.41, 5.74) is -0.864. The van der Waals surface area contributed by atoms with Crippen LogP contribution in [0.15, 0.2) is 0 Å². The maximum atomic E-state index is 12.2. The Morgan fingerprint density at radius 2 is 1.75 bits per heavy atom. The van der Waals surface area contributed by atoms with E-state index < -0.39 is 39.0 Å². The normalized spacial score (nSPS) is 33.1. The van der Waals surface area contributed by atoms with Crippen LogP contribution >= 0.6 is 15.4 Å². The summed E-state index contributed by atoms with van der Waals surface area (Å²) in [5, 5.41) is 0. The molecule has 6 atom stereocenters. The number of ether oxygens (including phenoxy) is 1. The standard InChI is InChI=1S/C13H27BO8P2/c1-13(2,3)22-24(17,18)21-12-10(14)8-9(11(12)19-4)6-7-23(15,16)20-5/h9-12H,6-8H2,1-5H3,(H,15,16)(H,17,18)/t9-,10?,11+,12-/m0/s1. The van der Waals surface area contributed by atoms with Crippen LogP contribution in [0, 0.1) is 5.92 Å². The Morgan fingerprint density at radius 3 is 2.21 bits per heavy atom. The summed E-state index contributed by atoms with van der Waals surface area (Å²) in [6, 6.07) is 0. The maximum absolute atomic E-state index is 12.2. The van der Waals surface area contributed by atoms with Crippen molar-refractivity contribution in [2.45, 2.75) is 57.2 Å². The summed E-state index contributed by atoms with van der Waals surface area (Å²) >= 11 is 0. The van der Waals surface area contributed by atoms with Gasteiger partial charge in [0.15, 0.2) is 0 Å². The Kier molecular flexibility index (Phi) is 7.74. The van der Waals surface area contributed by atoms with Gasteiger partial charge in [0, 0.05) is 14.2 Å². The maximum Gasteiger partial charge on any atom is 0.473 e. The number of hydrogen-bond acceptors (Lipinski definition) is 6. The zero-order valence-corrected chi connectivity index (χ0v) is 16.5. The molecule has 1 saturated carbocycles. The fraction of sp³-hybridized carbons (Fsp3) is 1.00. The summed E-state index contributed by atoms with van der Waals surface area (Å²) in [7, 11) is 0.673. The zero-order chi connectivity index (χ0) is 18.8. The van der Waals surface area contributed by atoms with E-state index in [1.165, 1.54) is 14.2 Å². The summed E-state index contributed by atoms with van der Waals surface area (Å²) in [4.78, 5) is 19.4. The van der Waals surface area contributed by atoms with E-state index in [1.807, 2.05) is 0 Å². The van der Waals surface area contributed by atoms with Crippen molar-refractivity contribution < 1.29 is 37.2 Å². The highest BCUT2D eigenvalue weighted by Crippen LogP contribution is 2.54. The van der Waals surface area contributed by atoms with Crippen LogP contribution in [0.3, 0.4) is 0 Å². The van der Waals surface area contributed by atoms with Gasteiger partial charge in [0.25, 0.3) is 0 Å². The monoisotopic (exact) mass is 384 g/mol. The van der Waals surface area contributed by atoms with Crippen LogP contribution in [-0.4, -0.2) is 55.8 Å². The molecular weight excluding hydrogens is 357 g/mol. The third-order valence-electron chi connectivity index (χ3n) is 3.77. The average Bonchev–Trinajstić information content (AvgIpc) is 2.69. The predicted octanol–water partition coefficient (Wildman–Crippen LogP) is 2.50. The first-order valence-electron chi connectivity index (χ1n) is 7.68. The third kappa shape index (κ3) is 6.89. The predicted molar refractivity (Wildman–Crippen MR) is 90.3 cm³/mol. The van der Waals surface area contributed by atoms with Gasteiger partial charge in [-0.3, -0.25) is 13.6 Å². The highest BCUT2D eigenvalue weighted by atomic mass is 31.2. The molecule has 140 valence electrons. The number of phosphoric ester groups is 1. The molecule has 1 aliphatic carbocycles. The second-order valence-electron chi connectivity index (χ2n) is 6.93. The van der Waals surface area contributed by atoms with Crippen molar-refractivity contribution in [3.05, 3.63) is 0 Å². The largest absolute Gasteiger partial charge is 0.473 e. The van der Waals surface area contributed by atoms with Crippen LogP contribution in [-0.2, 0) is 27.4 Å². The topological polar surface area (TPSA) is 112 Å². The molecule has 1 aliphatic rings. The molecule has 2 N–H and O–H groups in total. The molecule has 11 heteroatoms. The second kappa shape index (κ2) is 8.32. The first-order chi connectivity index (χ1) is 10.8. The fourth-order valence-corrected chi connectivity index (χ4v) is 4.98. The van der Waals surface area contributed by atoms with Gasteiger partial charge in [-0.1, -0.05) is 6.42 Å². The van der Waals surface area contributed by atoms with Crippen LogP contribution in [0.25, 0.3) is 0 Å². The highest BCUT2D eigenvalue weighted by Gasteiger charge is 2.46. The fourth-order valence-electron chi connectivity index (χ4n) is 2.82. The van der Waals surface area contributed by atoms with E-state index in [0.717, 1.165) is 0 Å². The Hall–Kier alpha value is 0.285. The van der Waals surface area contributed by atoms with Crippen molar-refractivity contribution in [2.75, 3.05) is 20.4 Å². The van der Waals surface area contributed by atoms with Crippen molar-refractivity contribution >= 4 is 23.3 Å². The lowest BCUT2D eigenvalue weighted by Gasteiger charge is -2.29. The lowest BCUT2D eigenvalue weighted by Crippen LogP contribution is -2.32. The van der Waals surface area contributed by atoms with E-state index >= 15 is 0 Å². The first-order valence-corrected chi connectivity index (χ1v) is 10.9. The van der Waals surface area contributed by atoms with Gasteiger partial charge in [-0.2, -0.15) is 0 Å². The summed E-state index contributed by atoms with van der Waals surface area (Å²) < 4.78 is 44.0. The Balaban J connectivity index is 2.78. The van der Waals surface area contributed by atoms with Gasteiger partial charge >= 0.3 is 15.4 Å². The van der Waals surface area contributed by atoms with Crippen LogP contribution in [0.5, 0.6) is 0 Å². The van der Waals surface area contributed by atoms with Gasteiger partial charge < -0.3 is 19.0 Å². The Bertz CT molecular complexity index is 509. The van der Waals surface area contributed by atoms with E-state index in [9.17, 15) is 18.9 Å². The lowest BCUT2D eigenvalue weighted by molar-refractivity contribution is -0.0280. The second-order valence-corrected chi connectivity index (χ2v) is 10.4. The minimum atomic E-state index is -4.32. The molecule has 8 nitrogen and oxygen atoms in total. The zero-order valence-electron chi connectivity index (χ0n) is 14.7.